The number of anilines is 2. The van der Waals surface area contributed by atoms with Gasteiger partial charge in [-0.3, -0.25) is 4.79 Å². The van der Waals surface area contributed by atoms with Crippen LogP contribution in [0.3, 0.4) is 0 Å². The number of rotatable bonds is 3. The van der Waals surface area contributed by atoms with Gasteiger partial charge in [-0.2, -0.15) is 0 Å². The highest BCUT2D eigenvalue weighted by Gasteiger charge is 2.23. The minimum absolute atomic E-state index is 0.0452. The number of benzene rings is 1. The Bertz CT molecular complexity index is 847. The molecule has 0 aliphatic carbocycles. The van der Waals surface area contributed by atoms with Gasteiger partial charge in [0.25, 0.3) is 0 Å². The summed E-state index contributed by atoms with van der Waals surface area (Å²) in [5.41, 5.74) is 7.16. The molecule has 3 rings (SSSR count). The van der Waals surface area contributed by atoms with Crippen molar-refractivity contribution in [2.24, 2.45) is 0 Å². The summed E-state index contributed by atoms with van der Waals surface area (Å²) in [4.78, 5) is 28.8. The van der Waals surface area contributed by atoms with Crippen LogP contribution in [0.2, 0.25) is 0 Å². The molecule has 1 aliphatic heterocycles. The number of hydrogen-bond acceptors (Lipinski definition) is 6. The standard InChI is InChI=1S/C19H25N5O3/c1-19(2,3)27-18(26)24-11-15(23-17(24)20)12-6-4-7-13(10-12)22-16(25)14-8-5-9-21-14/h4,6-7,10-11,14,21H,5,8-9H2,1-3H3,(H2,20,23)(H,22,25)/t14-/m1/s1. The summed E-state index contributed by atoms with van der Waals surface area (Å²) < 4.78 is 6.50. The van der Waals surface area contributed by atoms with Crippen molar-refractivity contribution in [3.8, 4) is 11.3 Å². The van der Waals surface area contributed by atoms with E-state index in [0.717, 1.165) is 24.9 Å². The predicted octanol–water partition coefficient (Wildman–Crippen LogP) is 2.61. The highest BCUT2D eigenvalue weighted by molar-refractivity contribution is 5.95. The normalized spacial score (nSPS) is 16.9. The molecule has 0 spiro atoms. The van der Waals surface area contributed by atoms with Crippen molar-refractivity contribution in [2.45, 2.75) is 45.3 Å². The number of nitrogens with zero attached hydrogens (tertiary/aromatic N) is 2. The monoisotopic (exact) mass is 371 g/mol. The van der Waals surface area contributed by atoms with E-state index in [-0.39, 0.29) is 17.9 Å². The van der Waals surface area contributed by atoms with Gasteiger partial charge in [0.15, 0.2) is 0 Å². The maximum Gasteiger partial charge on any atom is 0.421 e. The van der Waals surface area contributed by atoms with Gasteiger partial charge in [0, 0.05) is 17.4 Å². The van der Waals surface area contributed by atoms with Gasteiger partial charge in [0.05, 0.1) is 11.7 Å². The lowest BCUT2D eigenvalue weighted by atomic mass is 10.1. The summed E-state index contributed by atoms with van der Waals surface area (Å²) in [7, 11) is 0. The number of aromatic nitrogens is 2. The number of amides is 1. The number of nitrogen functional groups attached to an aromatic ring is 1. The minimum atomic E-state index is -0.633. The minimum Gasteiger partial charge on any atom is -0.443 e. The summed E-state index contributed by atoms with van der Waals surface area (Å²) in [5.74, 6) is -0.00714. The molecule has 2 heterocycles. The summed E-state index contributed by atoms with van der Waals surface area (Å²) in [6, 6.07) is 7.11. The molecule has 4 N–H and O–H groups in total. The first-order chi connectivity index (χ1) is 12.7. The fourth-order valence-electron chi connectivity index (χ4n) is 2.88. The number of nitrogens with two attached hydrogens (primary N) is 1. The van der Waals surface area contributed by atoms with Crippen molar-refractivity contribution in [3.05, 3.63) is 30.5 Å². The van der Waals surface area contributed by atoms with Gasteiger partial charge in [-0.15, -0.1) is 0 Å². The third-order valence-corrected chi connectivity index (χ3v) is 4.13. The van der Waals surface area contributed by atoms with Crippen LogP contribution in [-0.4, -0.2) is 39.7 Å². The van der Waals surface area contributed by atoms with Gasteiger partial charge in [0.1, 0.15) is 5.60 Å². The van der Waals surface area contributed by atoms with Crippen LogP contribution in [0.15, 0.2) is 30.5 Å². The fraction of sp³-hybridized carbons (Fsp3) is 0.421. The number of carbonyl (C=O) groups is 2. The molecule has 2 aromatic rings. The van der Waals surface area contributed by atoms with Gasteiger partial charge < -0.3 is 21.1 Å². The number of hydrogen-bond donors (Lipinski definition) is 3. The number of nitrogens with one attached hydrogen (secondary N) is 2. The van der Waals surface area contributed by atoms with E-state index in [1.54, 1.807) is 26.8 Å². The molecule has 1 aliphatic rings. The second-order valence-corrected chi connectivity index (χ2v) is 7.55. The van der Waals surface area contributed by atoms with Crippen LogP contribution in [0.5, 0.6) is 0 Å². The molecule has 8 nitrogen and oxygen atoms in total. The summed E-state index contributed by atoms with van der Waals surface area (Å²) >= 11 is 0. The van der Waals surface area contributed by atoms with Crippen LogP contribution < -0.4 is 16.4 Å². The van der Waals surface area contributed by atoms with E-state index in [1.807, 2.05) is 18.2 Å². The highest BCUT2D eigenvalue weighted by Crippen LogP contribution is 2.24. The Morgan fingerprint density at radius 1 is 1.37 bits per heavy atom. The Labute approximate surface area is 158 Å². The molecule has 27 heavy (non-hydrogen) atoms. The molecule has 1 fully saturated rings. The Hall–Kier alpha value is -2.87. The lowest BCUT2D eigenvalue weighted by molar-refractivity contribution is -0.117. The van der Waals surface area contributed by atoms with Crippen molar-refractivity contribution < 1.29 is 14.3 Å². The van der Waals surface area contributed by atoms with Crippen molar-refractivity contribution in [1.29, 1.82) is 0 Å². The Kier molecular flexibility index (Phi) is 5.18. The maximum absolute atomic E-state index is 12.3. The molecule has 8 heteroatoms. The molecule has 0 bridgehead atoms. The van der Waals surface area contributed by atoms with Crippen LogP contribution in [-0.2, 0) is 9.53 Å². The third kappa shape index (κ3) is 4.65. The van der Waals surface area contributed by atoms with Crippen molar-refractivity contribution in [2.75, 3.05) is 17.6 Å². The summed E-state index contributed by atoms with van der Waals surface area (Å²) in [6.07, 6.45) is 2.78. The first kappa shape index (κ1) is 18.9. The maximum atomic E-state index is 12.3. The zero-order valence-electron chi connectivity index (χ0n) is 15.8. The number of ether oxygens (including phenoxy) is 1. The van der Waals surface area contributed by atoms with E-state index in [4.69, 9.17) is 10.5 Å². The predicted molar refractivity (Wildman–Crippen MR) is 103 cm³/mol. The van der Waals surface area contributed by atoms with E-state index in [9.17, 15) is 9.59 Å². The van der Waals surface area contributed by atoms with Crippen molar-refractivity contribution in [3.63, 3.8) is 0 Å². The molecule has 1 aromatic heterocycles. The van der Waals surface area contributed by atoms with E-state index in [0.29, 0.717) is 11.4 Å². The number of carbonyl (C=O) groups excluding carboxylic acids is 2. The molecular weight excluding hydrogens is 346 g/mol. The van der Waals surface area contributed by atoms with E-state index in [1.165, 1.54) is 10.8 Å². The van der Waals surface area contributed by atoms with Crippen LogP contribution in [0.25, 0.3) is 11.3 Å². The van der Waals surface area contributed by atoms with Gasteiger partial charge in [-0.05, 0) is 52.3 Å². The molecule has 0 radical (unpaired) electrons. The summed E-state index contributed by atoms with van der Waals surface area (Å²) in [5, 5.41) is 6.08. The first-order valence-electron chi connectivity index (χ1n) is 8.96. The Balaban J connectivity index is 1.78. The van der Waals surface area contributed by atoms with Gasteiger partial charge in [0.2, 0.25) is 11.9 Å². The van der Waals surface area contributed by atoms with E-state index in [2.05, 4.69) is 15.6 Å². The van der Waals surface area contributed by atoms with Crippen LogP contribution in [0.4, 0.5) is 16.4 Å². The van der Waals surface area contributed by atoms with Crippen LogP contribution >= 0.6 is 0 Å². The molecule has 144 valence electrons. The van der Waals surface area contributed by atoms with E-state index >= 15 is 0 Å². The molecule has 0 unspecified atom stereocenters. The smallest absolute Gasteiger partial charge is 0.421 e. The average Bonchev–Trinajstić information content (AvgIpc) is 3.23. The zero-order chi connectivity index (χ0) is 19.6. The van der Waals surface area contributed by atoms with Crippen LogP contribution in [0, 0.1) is 0 Å². The second-order valence-electron chi connectivity index (χ2n) is 7.55. The van der Waals surface area contributed by atoms with Crippen molar-refractivity contribution in [1.82, 2.24) is 14.9 Å². The van der Waals surface area contributed by atoms with Gasteiger partial charge in [-0.1, -0.05) is 12.1 Å². The molecule has 1 atom stereocenters. The Morgan fingerprint density at radius 2 is 2.15 bits per heavy atom. The Morgan fingerprint density at radius 3 is 2.81 bits per heavy atom. The molecule has 1 amide bonds. The lowest BCUT2D eigenvalue weighted by Crippen LogP contribution is -2.35. The topological polar surface area (TPSA) is 111 Å². The molecule has 1 aromatic carbocycles. The van der Waals surface area contributed by atoms with Gasteiger partial charge in [-0.25, -0.2) is 14.3 Å². The second kappa shape index (κ2) is 7.40. The first-order valence-corrected chi connectivity index (χ1v) is 8.96. The van der Waals surface area contributed by atoms with Crippen LogP contribution in [0.1, 0.15) is 33.6 Å². The van der Waals surface area contributed by atoms with E-state index < -0.39 is 11.7 Å². The van der Waals surface area contributed by atoms with Gasteiger partial charge >= 0.3 is 6.09 Å². The van der Waals surface area contributed by atoms with Crippen molar-refractivity contribution >= 4 is 23.6 Å². The molecular formula is C19H25N5O3. The SMILES string of the molecule is CC(C)(C)OC(=O)n1cc(-c2cccc(NC(=O)[C@H]3CCCN3)c2)nc1N. The average molecular weight is 371 g/mol. The molecule has 0 saturated carbocycles. The third-order valence-electron chi connectivity index (χ3n) is 4.13. The highest BCUT2D eigenvalue weighted by atomic mass is 16.6. The quantitative estimate of drug-likeness (QED) is 0.765. The zero-order valence-corrected chi connectivity index (χ0v) is 15.8. The lowest BCUT2D eigenvalue weighted by Gasteiger charge is -2.19. The largest absolute Gasteiger partial charge is 0.443 e. The number of imidazole rings is 1. The summed E-state index contributed by atoms with van der Waals surface area (Å²) in [6.45, 7) is 6.21. The fourth-order valence-corrected chi connectivity index (χ4v) is 2.88. The molecule has 1 saturated heterocycles.